The van der Waals surface area contributed by atoms with Gasteiger partial charge in [-0.2, -0.15) is 0 Å². The van der Waals surface area contributed by atoms with Crippen molar-refractivity contribution in [3.05, 3.63) is 157 Å². The third-order valence-electron chi connectivity index (χ3n) is 9.08. The molecule has 0 spiro atoms. The number of nitrogens with zero attached hydrogens (tertiary/aromatic N) is 2. The van der Waals surface area contributed by atoms with Gasteiger partial charge in [-0.25, -0.2) is 4.98 Å². The molecule has 0 aliphatic rings. The van der Waals surface area contributed by atoms with Crippen molar-refractivity contribution >= 4 is 32.3 Å². The highest BCUT2D eigenvalue weighted by atomic mass is 14.7. The van der Waals surface area contributed by atoms with Gasteiger partial charge in [0, 0.05) is 23.5 Å². The van der Waals surface area contributed by atoms with E-state index in [-0.39, 0.29) is 5.41 Å². The van der Waals surface area contributed by atoms with Gasteiger partial charge in [-0.3, -0.25) is 4.98 Å². The lowest BCUT2D eigenvalue weighted by Crippen LogP contribution is -2.10. The van der Waals surface area contributed by atoms with E-state index in [2.05, 4.69) is 147 Å². The molecule has 0 unspecified atom stereocenters. The van der Waals surface area contributed by atoms with Gasteiger partial charge in [-0.15, -0.1) is 0 Å². The number of fused-ring (bicyclic) bond motifs is 3. The van der Waals surface area contributed by atoms with E-state index < -0.39 is 0 Å². The minimum atomic E-state index is 0.0705. The Morgan fingerprint density at radius 2 is 0.978 bits per heavy atom. The Morgan fingerprint density at radius 1 is 0.435 bits per heavy atom. The van der Waals surface area contributed by atoms with Gasteiger partial charge < -0.3 is 0 Å². The molecule has 0 radical (unpaired) electrons. The highest BCUT2D eigenvalue weighted by Crippen LogP contribution is 2.44. The minimum absolute atomic E-state index is 0.0705. The second-order valence-corrected chi connectivity index (χ2v) is 13.1. The van der Waals surface area contributed by atoms with E-state index in [4.69, 9.17) is 4.98 Å². The average Bonchev–Trinajstić information content (AvgIpc) is 3.10. The zero-order valence-electron chi connectivity index (χ0n) is 26.3. The van der Waals surface area contributed by atoms with Gasteiger partial charge in [0.25, 0.3) is 0 Å². The summed E-state index contributed by atoms with van der Waals surface area (Å²) in [6.45, 7) is 6.85. The Labute approximate surface area is 270 Å². The van der Waals surface area contributed by atoms with Gasteiger partial charge in [0.15, 0.2) is 0 Å². The van der Waals surface area contributed by atoms with Crippen LogP contribution in [-0.2, 0) is 5.41 Å². The van der Waals surface area contributed by atoms with Gasteiger partial charge in [-0.05, 0) is 102 Å². The Morgan fingerprint density at radius 3 is 1.59 bits per heavy atom. The molecule has 2 aromatic heterocycles. The lowest BCUT2D eigenvalue weighted by Gasteiger charge is -2.22. The van der Waals surface area contributed by atoms with Gasteiger partial charge in [0.2, 0.25) is 0 Å². The summed E-state index contributed by atoms with van der Waals surface area (Å²) >= 11 is 0. The zero-order chi connectivity index (χ0) is 31.3. The van der Waals surface area contributed by atoms with E-state index in [1.54, 1.807) is 6.20 Å². The van der Waals surface area contributed by atoms with Crippen LogP contribution in [0.15, 0.2) is 152 Å². The van der Waals surface area contributed by atoms with Crippen LogP contribution in [0, 0.1) is 0 Å². The highest BCUT2D eigenvalue weighted by molar-refractivity contribution is 6.21. The summed E-state index contributed by atoms with van der Waals surface area (Å²) in [5.74, 6) is 0. The van der Waals surface area contributed by atoms with Crippen LogP contribution in [0.2, 0.25) is 0 Å². The standard InChI is InChI=1S/C44H34N2/c1-44(2,3)35-13-8-11-31(27-35)42-36-14-4-6-16-38(36)43(39-17-7-5-15-37(39)42)32-23-21-29-20-22-30(25-34(29)26-32)40-18-9-19-41(46-40)33-12-10-24-45-28-33/h4-28H,1-3H3. The highest BCUT2D eigenvalue weighted by Gasteiger charge is 2.19. The maximum absolute atomic E-state index is 5.00. The summed E-state index contributed by atoms with van der Waals surface area (Å²) in [5.41, 5.74) is 10.4. The molecule has 2 heterocycles. The molecule has 2 nitrogen and oxygen atoms in total. The number of rotatable bonds is 4. The molecule has 6 aromatic carbocycles. The molecule has 0 aliphatic heterocycles. The molecule has 0 fully saturated rings. The van der Waals surface area contributed by atoms with Gasteiger partial charge >= 0.3 is 0 Å². The van der Waals surface area contributed by atoms with Crippen molar-refractivity contribution < 1.29 is 0 Å². The fraction of sp³-hybridized carbons (Fsp3) is 0.0909. The maximum atomic E-state index is 5.00. The predicted octanol–water partition coefficient (Wildman–Crippen LogP) is 11.9. The molecule has 0 atom stereocenters. The first-order valence-corrected chi connectivity index (χ1v) is 15.9. The first-order chi connectivity index (χ1) is 22.4. The third kappa shape index (κ3) is 4.93. The van der Waals surface area contributed by atoms with Crippen LogP contribution in [0.25, 0.3) is 77.1 Å². The van der Waals surface area contributed by atoms with Gasteiger partial charge in [0.05, 0.1) is 11.4 Å². The third-order valence-corrected chi connectivity index (χ3v) is 9.08. The summed E-state index contributed by atoms with van der Waals surface area (Å²) in [4.78, 5) is 9.28. The molecular weight excluding hydrogens is 556 g/mol. The molecule has 0 amide bonds. The van der Waals surface area contributed by atoms with E-state index in [9.17, 15) is 0 Å². The number of hydrogen-bond acceptors (Lipinski definition) is 2. The second kappa shape index (κ2) is 11.1. The number of hydrogen-bond donors (Lipinski definition) is 0. The largest absolute Gasteiger partial charge is 0.264 e. The van der Waals surface area contributed by atoms with Gasteiger partial charge in [0.1, 0.15) is 0 Å². The lowest BCUT2D eigenvalue weighted by atomic mass is 9.82. The van der Waals surface area contributed by atoms with Crippen LogP contribution < -0.4 is 0 Å². The minimum Gasteiger partial charge on any atom is -0.264 e. The van der Waals surface area contributed by atoms with Crippen LogP contribution in [0.5, 0.6) is 0 Å². The molecule has 2 heteroatoms. The molecular formula is C44H34N2. The molecule has 0 aliphatic carbocycles. The monoisotopic (exact) mass is 590 g/mol. The van der Waals surface area contributed by atoms with E-state index in [1.807, 2.05) is 24.4 Å². The molecule has 8 aromatic rings. The summed E-state index contributed by atoms with van der Waals surface area (Å²) < 4.78 is 0. The van der Waals surface area contributed by atoms with Gasteiger partial charge in [-0.1, -0.05) is 124 Å². The fourth-order valence-corrected chi connectivity index (χ4v) is 6.72. The van der Waals surface area contributed by atoms with Crippen molar-refractivity contribution in [3.8, 4) is 44.8 Å². The first-order valence-electron chi connectivity index (χ1n) is 15.9. The van der Waals surface area contributed by atoms with E-state index >= 15 is 0 Å². The topological polar surface area (TPSA) is 25.8 Å². The molecule has 0 N–H and O–H groups in total. The van der Waals surface area contributed by atoms with E-state index in [1.165, 1.54) is 60.1 Å². The van der Waals surface area contributed by atoms with Crippen LogP contribution in [0.4, 0.5) is 0 Å². The molecule has 0 saturated heterocycles. The van der Waals surface area contributed by atoms with Crippen LogP contribution in [-0.4, -0.2) is 9.97 Å². The summed E-state index contributed by atoms with van der Waals surface area (Å²) in [5, 5.41) is 7.47. The number of benzene rings is 6. The number of pyridine rings is 2. The smallest absolute Gasteiger partial charge is 0.0725 e. The molecule has 220 valence electrons. The van der Waals surface area contributed by atoms with Crippen LogP contribution in [0.3, 0.4) is 0 Å². The molecule has 46 heavy (non-hydrogen) atoms. The maximum Gasteiger partial charge on any atom is 0.0725 e. The lowest BCUT2D eigenvalue weighted by molar-refractivity contribution is 0.590. The molecule has 0 saturated carbocycles. The summed E-state index contributed by atoms with van der Waals surface area (Å²) in [6, 6.07) is 50.6. The predicted molar refractivity (Wildman–Crippen MR) is 195 cm³/mol. The Hall–Kier alpha value is -5.60. The van der Waals surface area contributed by atoms with Crippen LogP contribution >= 0.6 is 0 Å². The van der Waals surface area contributed by atoms with Crippen molar-refractivity contribution in [3.63, 3.8) is 0 Å². The zero-order valence-corrected chi connectivity index (χ0v) is 26.3. The number of aromatic nitrogens is 2. The Kier molecular flexibility index (Phi) is 6.73. The first kappa shape index (κ1) is 27.9. The van der Waals surface area contributed by atoms with Crippen LogP contribution in [0.1, 0.15) is 26.3 Å². The Bertz CT molecular complexity index is 2340. The fourth-order valence-electron chi connectivity index (χ4n) is 6.72. The molecule has 8 rings (SSSR count). The summed E-state index contributed by atoms with van der Waals surface area (Å²) in [7, 11) is 0. The van der Waals surface area contributed by atoms with Crippen molar-refractivity contribution in [2.75, 3.05) is 0 Å². The van der Waals surface area contributed by atoms with E-state index in [0.29, 0.717) is 0 Å². The normalized spacial score (nSPS) is 11.8. The van der Waals surface area contributed by atoms with Crippen molar-refractivity contribution in [2.45, 2.75) is 26.2 Å². The van der Waals surface area contributed by atoms with Crippen molar-refractivity contribution in [1.82, 2.24) is 9.97 Å². The Balaban J connectivity index is 1.32. The van der Waals surface area contributed by atoms with Crippen molar-refractivity contribution in [1.29, 1.82) is 0 Å². The average molecular weight is 591 g/mol. The second-order valence-electron chi connectivity index (χ2n) is 13.1. The van der Waals surface area contributed by atoms with E-state index in [0.717, 1.165) is 22.5 Å². The summed E-state index contributed by atoms with van der Waals surface area (Å²) in [6.07, 6.45) is 3.65. The van der Waals surface area contributed by atoms with Crippen molar-refractivity contribution in [2.24, 2.45) is 0 Å². The quantitative estimate of drug-likeness (QED) is 0.191. The SMILES string of the molecule is CC(C)(C)c1cccc(-c2c3ccccc3c(-c3ccc4ccc(-c5cccc(-c6cccnc6)n5)cc4c3)c3ccccc23)c1. The molecule has 0 bridgehead atoms.